The maximum Gasteiger partial charge on any atom is 0.232 e. The van der Waals surface area contributed by atoms with E-state index in [0.717, 1.165) is 56.2 Å². The average molecular weight is 465 g/mol. The predicted molar refractivity (Wildman–Crippen MR) is 126 cm³/mol. The van der Waals surface area contributed by atoms with Crippen LogP contribution in [0.25, 0.3) is 43.9 Å². The molecule has 0 aliphatic heterocycles. The first-order chi connectivity index (χ1) is 15.5. The normalized spacial score (nSPS) is 15.5. The van der Waals surface area contributed by atoms with Gasteiger partial charge in [-0.3, -0.25) is 4.68 Å². The SMILES string of the molecule is Cn1nccc1-c1cc(-c2cnc3c(c2)nnn3C)nc2sc([S@+]([O-])C3CCC3)c(N)c12. The first-order valence-corrected chi connectivity index (χ1v) is 12.3. The van der Waals surface area contributed by atoms with Crippen LogP contribution in [0, 0.1) is 0 Å². The fraction of sp³-hybridized carbons (Fsp3) is 0.286. The molecule has 1 aliphatic carbocycles. The van der Waals surface area contributed by atoms with Gasteiger partial charge in [-0.2, -0.15) is 5.10 Å². The van der Waals surface area contributed by atoms with Gasteiger partial charge in [0.2, 0.25) is 4.21 Å². The minimum Gasteiger partial charge on any atom is -0.611 e. The van der Waals surface area contributed by atoms with Gasteiger partial charge in [0, 0.05) is 54.2 Å². The summed E-state index contributed by atoms with van der Waals surface area (Å²) in [5, 5.41) is 13.6. The largest absolute Gasteiger partial charge is 0.611 e. The zero-order valence-electron chi connectivity index (χ0n) is 17.5. The molecular weight excluding hydrogens is 444 g/mol. The highest BCUT2D eigenvalue weighted by Gasteiger charge is 2.35. The van der Waals surface area contributed by atoms with E-state index in [9.17, 15) is 4.55 Å². The molecule has 11 heteroatoms. The van der Waals surface area contributed by atoms with Gasteiger partial charge in [0.05, 0.1) is 11.4 Å². The van der Waals surface area contributed by atoms with E-state index in [1.807, 2.05) is 37.0 Å². The summed E-state index contributed by atoms with van der Waals surface area (Å²) in [6, 6.07) is 5.88. The second kappa shape index (κ2) is 7.26. The highest BCUT2D eigenvalue weighted by Crippen LogP contribution is 2.45. The van der Waals surface area contributed by atoms with Gasteiger partial charge in [-0.25, -0.2) is 14.6 Å². The monoisotopic (exact) mass is 464 g/mol. The van der Waals surface area contributed by atoms with E-state index >= 15 is 0 Å². The first-order valence-electron chi connectivity index (χ1n) is 10.3. The van der Waals surface area contributed by atoms with Gasteiger partial charge in [-0.05, 0) is 37.5 Å². The number of hydrogen-bond donors (Lipinski definition) is 1. The summed E-state index contributed by atoms with van der Waals surface area (Å²) in [4.78, 5) is 10.2. The van der Waals surface area contributed by atoms with Crippen molar-refractivity contribution in [3.8, 4) is 22.5 Å². The number of anilines is 1. The minimum absolute atomic E-state index is 0.188. The van der Waals surface area contributed by atoms with E-state index in [4.69, 9.17) is 10.7 Å². The lowest BCUT2D eigenvalue weighted by molar-refractivity contribution is 0.478. The van der Waals surface area contributed by atoms with E-state index in [0.29, 0.717) is 16.9 Å². The zero-order chi connectivity index (χ0) is 22.0. The Morgan fingerprint density at radius 3 is 2.78 bits per heavy atom. The molecule has 0 radical (unpaired) electrons. The van der Waals surface area contributed by atoms with Crippen LogP contribution >= 0.6 is 11.3 Å². The molecule has 9 nitrogen and oxygen atoms in total. The lowest BCUT2D eigenvalue weighted by Crippen LogP contribution is -2.28. The van der Waals surface area contributed by atoms with Crippen molar-refractivity contribution >= 4 is 49.6 Å². The van der Waals surface area contributed by atoms with Crippen molar-refractivity contribution in [2.75, 3.05) is 5.73 Å². The van der Waals surface area contributed by atoms with E-state index < -0.39 is 11.2 Å². The molecule has 0 saturated heterocycles. The quantitative estimate of drug-likeness (QED) is 0.405. The Morgan fingerprint density at radius 2 is 2.06 bits per heavy atom. The zero-order valence-corrected chi connectivity index (χ0v) is 19.2. The number of nitrogens with two attached hydrogens (primary N) is 1. The summed E-state index contributed by atoms with van der Waals surface area (Å²) in [7, 11) is 3.70. The molecule has 1 atom stereocenters. The molecule has 0 aromatic carbocycles. The van der Waals surface area contributed by atoms with Crippen molar-refractivity contribution in [3.63, 3.8) is 0 Å². The average Bonchev–Trinajstić information content (AvgIpc) is 3.43. The molecule has 1 fully saturated rings. The highest BCUT2D eigenvalue weighted by molar-refractivity contribution is 7.94. The molecule has 1 saturated carbocycles. The lowest BCUT2D eigenvalue weighted by Gasteiger charge is -2.27. The number of rotatable bonds is 4. The van der Waals surface area contributed by atoms with Gasteiger partial charge >= 0.3 is 0 Å². The number of fused-ring (bicyclic) bond motifs is 2. The van der Waals surface area contributed by atoms with Crippen molar-refractivity contribution in [2.45, 2.75) is 28.7 Å². The van der Waals surface area contributed by atoms with E-state index in [1.54, 1.807) is 17.1 Å². The van der Waals surface area contributed by atoms with Gasteiger partial charge in [-0.1, -0.05) is 16.6 Å². The Bertz CT molecular complexity index is 1480. The lowest BCUT2D eigenvalue weighted by atomic mass is 10.00. The number of pyridine rings is 2. The van der Waals surface area contributed by atoms with Gasteiger partial charge in [-0.15, -0.1) is 5.10 Å². The van der Waals surface area contributed by atoms with Crippen molar-refractivity contribution in [2.24, 2.45) is 14.1 Å². The summed E-state index contributed by atoms with van der Waals surface area (Å²) >= 11 is 0.310. The van der Waals surface area contributed by atoms with Crippen molar-refractivity contribution in [1.29, 1.82) is 0 Å². The van der Waals surface area contributed by atoms with Gasteiger partial charge in [0.1, 0.15) is 21.3 Å². The van der Waals surface area contributed by atoms with Crippen LogP contribution in [0.2, 0.25) is 0 Å². The fourth-order valence-electron chi connectivity index (χ4n) is 4.04. The van der Waals surface area contributed by atoms with Crippen LogP contribution in [0.1, 0.15) is 19.3 Å². The van der Waals surface area contributed by atoms with E-state index in [2.05, 4.69) is 20.4 Å². The molecule has 5 aromatic rings. The van der Waals surface area contributed by atoms with Crippen LogP contribution in [-0.2, 0) is 25.3 Å². The maximum absolute atomic E-state index is 13.2. The fourth-order valence-corrected chi connectivity index (χ4v) is 7.25. The van der Waals surface area contributed by atoms with Crippen LogP contribution < -0.4 is 5.73 Å². The Labute approximate surface area is 190 Å². The molecule has 0 unspecified atom stereocenters. The summed E-state index contributed by atoms with van der Waals surface area (Å²) in [5.41, 5.74) is 12.0. The summed E-state index contributed by atoms with van der Waals surface area (Å²) in [6.07, 6.45) is 6.62. The van der Waals surface area contributed by atoms with Crippen LogP contribution in [0.5, 0.6) is 0 Å². The van der Waals surface area contributed by atoms with Gasteiger partial charge < -0.3 is 10.3 Å². The van der Waals surface area contributed by atoms with Gasteiger partial charge in [0.15, 0.2) is 5.65 Å². The molecule has 5 heterocycles. The summed E-state index contributed by atoms with van der Waals surface area (Å²) in [6.45, 7) is 0. The van der Waals surface area contributed by atoms with Crippen molar-refractivity contribution in [3.05, 3.63) is 30.6 Å². The molecule has 2 N–H and O–H groups in total. The first kappa shape index (κ1) is 19.6. The smallest absolute Gasteiger partial charge is 0.232 e. The number of hydrogen-bond acceptors (Lipinski definition) is 8. The molecule has 162 valence electrons. The molecule has 1 aliphatic rings. The molecule has 0 bridgehead atoms. The van der Waals surface area contributed by atoms with E-state index in [1.165, 1.54) is 11.3 Å². The number of nitrogen functional groups attached to an aromatic ring is 1. The Balaban J connectivity index is 1.59. The van der Waals surface area contributed by atoms with Crippen LogP contribution in [0.3, 0.4) is 0 Å². The third-order valence-corrected chi connectivity index (χ3v) is 9.33. The predicted octanol–water partition coefficient (Wildman–Crippen LogP) is 3.28. The third-order valence-electron chi connectivity index (χ3n) is 6.04. The van der Waals surface area contributed by atoms with Crippen LogP contribution in [0.4, 0.5) is 5.69 Å². The van der Waals surface area contributed by atoms with Crippen LogP contribution in [-0.4, -0.2) is 44.5 Å². The number of thiophene rings is 1. The molecule has 32 heavy (non-hydrogen) atoms. The molecule has 5 aromatic heterocycles. The number of aromatic nitrogens is 7. The molecule has 0 spiro atoms. The minimum atomic E-state index is -1.12. The Hall–Kier alpha value is -3.02. The Kier molecular flexibility index (Phi) is 4.46. The third kappa shape index (κ3) is 2.92. The van der Waals surface area contributed by atoms with Crippen LogP contribution in [0.15, 0.2) is 34.8 Å². The number of nitrogens with zero attached hydrogens (tertiary/aromatic N) is 7. The summed E-state index contributed by atoms with van der Waals surface area (Å²) in [5.74, 6) is 0. The maximum atomic E-state index is 13.2. The van der Waals surface area contributed by atoms with Crippen molar-refractivity contribution < 1.29 is 4.55 Å². The van der Waals surface area contributed by atoms with E-state index in [-0.39, 0.29) is 5.25 Å². The second-order valence-electron chi connectivity index (χ2n) is 8.01. The topological polar surface area (TPSA) is 123 Å². The standard InChI is InChI=1S/C21H20N8OS2/c1-28-16(6-7-24-28)13-9-14(11-8-15-19(23-10-11)29(2)27-26-15)25-20-17(13)18(22)21(31-20)32(30)12-4-3-5-12/h6-10,12H,3-5,22H2,1-2H3/t32-/m1/s1. The molecule has 0 amide bonds. The number of aryl methyl sites for hydroxylation is 2. The molecular formula is C21H20N8OS2. The van der Waals surface area contributed by atoms with Gasteiger partial charge in [0.25, 0.3) is 0 Å². The summed E-state index contributed by atoms with van der Waals surface area (Å²) < 4.78 is 17.3. The molecule has 6 rings (SSSR count). The second-order valence-corrected chi connectivity index (χ2v) is 10.9. The van der Waals surface area contributed by atoms with Crippen molar-refractivity contribution in [1.82, 2.24) is 34.7 Å². The Morgan fingerprint density at radius 1 is 1.22 bits per heavy atom. The highest BCUT2D eigenvalue weighted by atomic mass is 32.2.